The van der Waals surface area contributed by atoms with Gasteiger partial charge in [0.05, 0.1) is 6.04 Å². The third-order valence-electron chi connectivity index (χ3n) is 5.40. The summed E-state index contributed by atoms with van der Waals surface area (Å²) in [5.74, 6) is 0. The molecule has 23 heavy (non-hydrogen) atoms. The summed E-state index contributed by atoms with van der Waals surface area (Å²) in [5.41, 5.74) is 5.07. The number of nitrogens with one attached hydrogen (secondary N) is 1. The third-order valence-corrected chi connectivity index (χ3v) is 5.40. The lowest BCUT2D eigenvalue weighted by molar-refractivity contribution is -0.206. The highest BCUT2D eigenvalue weighted by Crippen LogP contribution is 2.49. The summed E-state index contributed by atoms with van der Waals surface area (Å²) in [5, 5.41) is 3.56. The molecule has 2 aromatic carbocycles. The van der Waals surface area contributed by atoms with Gasteiger partial charge in [-0.05, 0) is 30.5 Å². The number of aromatic amines is 1. The molecule has 0 saturated carbocycles. The second-order valence-corrected chi connectivity index (χ2v) is 6.86. The third kappa shape index (κ3) is 1.90. The van der Waals surface area contributed by atoms with Crippen molar-refractivity contribution < 1.29 is 4.84 Å². The summed E-state index contributed by atoms with van der Waals surface area (Å²) < 4.78 is 0. The molecule has 2 aliphatic rings. The predicted octanol–water partition coefficient (Wildman–Crippen LogP) is 4.32. The zero-order valence-corrected chi connectivity index (χ0v) is 13.3. The molecule has 5 rings (SSSR count). The number of hydroxylamine groups is 2. The van der Waals surface area contributed by atoms with Crippen molar-refractivity contribution in [3.8, 4) is 0 Å². The van der Waals surface area contributed by atoms with Crippen LogP contribution in [-0.4, -0.2) is 16.6 Å². The number of hydrogen-bond acceptors (Lipinski definition) is 2. The quantitative estimate of drug-likeness (QED) is 0.725. The number of hydrogen-bond donors (Lipinski definition) is 1. The van der Waals surface area contributed by atoms with E-state index in [2.05, 4.69) is 71.6 Å². The molecule has 1 fully saturated rings. The highest BCUT2D eigenvalue weighted by Gasteiger charge is 2.47. The van der Waals surface area contributed by atoms with Crippen LogP contribution in [0.5, 0.6) is 0 Å². The summed E-state index contributed by atoms with van der Waals surface area (Å²) in [4.78, 5) is 10.1. The van der Waals surface area contributed by atoms with Gasteiger partial charge in [0.2, 0.25) is 0 Å². The van der Waals surface area contributed by atoms with Crippen molar-refractivity contribution in [2.45, 2.75) is 31.4 Å². The molecule has 3 nitrogen and oxygen atoms in total. The maximum atomic E-state index is 6.41. The molecule has 116 valence electrons. The topological polar surface area (TPSA) is 28.3 Å². The highest BCUT2D eigenvalue weighted by atomic mass is 16.7. The average molecular weight is 304 g/mol. The minimum absolute atomic E-state index is 0.245. The number of H-pyrrole nitrogens is 1. The Labute approximate surface area is 135 Å². The molecule has 0 radical (unpaired) electrons. The molecule has 1 aromatic heterocycles. The van der Waals surface area contributed by atoms with E-state index in [4.69, 9.17) is 4.84 Å². The normalized spacial score (nSPS) is 27.1. The highest BCUT2D eigenvalue weighted by molar-refractivity contribution is 5.85. The van der Waals surface area contributed by atoms with Gasteiger partial charge in [-0.25, -0.2) is 0 Å². The summed E-state index contributed by atoms with van der Waals surface area (Å²) in [6.07, 6.45) is 2.03. The number of para-hydroxylation sites is 1. The number of rotatable bonds is 1. The lowest BCUT2D eigenvalue weighted by atomic mass is 9.87. The van der Waals surface area contributed by atoms with Crippen LogP contribution in [-0.2, 0) is 16.9 Å². The maximum Gasteiger partial charge on any atom is 0.114 e. The van der Waals surface area contributed by atoms with Crippen LogP contribution in [0.15, 0.2) is 54.6 Å². The van der Waals surface area contributed by atoms with Crippen molar-refractivity contribution in [1.82, 2.24) is 10.0 Å². The van der Waals surface area contributed by atoms with Gasteiger partial charge in [0.1, 0.15) is 5.60 Å². The molecule has 0 aliphatic carbocycles. The SMILES string of the molecule is C[C@]1(c2ccccc2)C[C@@H]2c3[nH]c4ccccc4c3CCN2O1. The van der Waals surface area contributed by atoms with Gasteiger partial charge < -0.3 is 4.98 Å². The van der Waals surface area contributed by atoms with E-state index in [0.717, 1.165) is 19.4 Å². The number of aromatic nitrogens is 1. The second-order valence-electron chi connectivity index (χ2n) is 6.86. The molecule has 2 atom stereocenters. The van der Waals surface area contributed by atoms with Gasteiger partial charge in [0.25, 0.3) is 0 Å². The Bertz CT molecular complexity index is 870. The van der Waals surface area contributed by atoms with Gasteiger partial charge in [-0.2, -0.15) is 5.06 Å². The van der Waals surface area contributed by atoms with Crippen molar-refractivity contribution >= 4 is 10.9 Å². The maximum absolute atomic E-state index is 6.41. The molecular formula is C20H20N2O. The van der Waals surface area contributed by atoms with Crippen LogP contribution in [0.1, 0.15) is 36.2 Å². The monoisotopic (exact) mass is 304 g/mol. The molecule has 0 amide bonds. The van der Waals surface area contributed by atoms with Crippen molar-refractivity contribution in [3.63, 3.8) is 0 Å². The van der Waals surface area contributed by atoms with Crippen LogP contribution in [0.3, 0.4) is 0 Å². The Balaban J connectivity index is 1.59. The lowest BCUT2D eigenvalue weighted by Gasteiger charge is -2.28. The van der Waals surface area contributed by atoms with E-state index in [9.17, 15) is 0 Å². The van der Waals surface area contributed by atoms with Gasteiger partial charge in [0, 0.05) is 29.6 Å². The minimum atomic E-state index is -0.245. The van der Waals surface area contributed by atoms with E-state index in [1.807, 2.05) is 0 Å². The molecule has 0 bridgehead atoms. The van der Waals surface area contributed by atoms with Crippen molar-refractivity contribution in [3.05, 3.63) is 71.4 Å². The first-order valence-corrected chi connectivity index (χ1v) is 8.35. The summed E-state index contributed by atoms with van der Waals surface area (Å²) in [6.45, 7) is 3.17. The molecule has 0 spiro atoms. The van der Waals surface area contributed by atoms with Crippen LogP contribution in [0, 0.1) is 0 Å². The van der Waals surface area contributed by atoms with Gasteiger partial charge >= 0.3 is 0 Å². The average Bonchev–Trinajstić information content (AvgIpc) is 3.13. The Morgan fingerprint density at radius 1 is 1.09 bits per heavy atom. The van der Waals surface area contributed by atoms with Crippen LogP contribution >= 0.6 is 0 Å². The fourth-order valence-corrected chi connectivity index (χ4v) is 4.24. The van der Waals surface area contributed by atoms with Crippen LogP contribution in [0.25, 0.3) is 10.9 Å². The van der Waals surface area contributed by atoms with Crippen molar-refractivity contribution in [2.24, 2.45) is 0 Å². The summed E-state index contributed by atoms with van der Waals surface area (Å²) in [7, 11) is 0. The first-order valence-electron chi connectivity index (χ1n) is 8.35. The van der Waals surface area contributed by atoms with Crippen LogP contribution in [0.4, 0.5) is 0 Å². The summed E-state index contributed by atoms with van der Waals surface area (Å²) in [6, 6.07) is 19.5. The van der Waals surface area contributed by atoms with E-state index < -0.39 is 0 Å². The molecule has 1 saturated heterocycles. The number of nitrogens with zero attached hydrogens (tertiary/aromatic N) is 1. The van der Waals surface area contributed by atoms with Gasteiger partial charge in [-0.15, -0.1) is 0 Å². The van der Waals surface area contributed by atoms with Gasteiger partial charge in [-0.1, -0.05) is 48.5 Å². The van der Waals surface area contributed by atoms with Crippen LogP contribution in [0.2, 0.25) is 0 Å². The Kier molecular flexibility index (Phi) is 2.73. The fraction of sp³-hybridized carbons (Fsp3) is 0.300. The molecule has 3 aromatic rings. The van der Waals surface area contributed by atoms with Crippen molar-refractivity contribution in [1.29, 1.82) is 0 Å². The smallest absolute Gasteiger partial charge is 0.114 e. The van der Waals surface area contributed by atoms with E-state index in [1.165, 1.54) is 27.7 Å². The second kappa shape index (κ2) is 4.70. The number of fused-ring (bicyclic) bond motifs is 5. The molecule has 3 heterocycles. The van der Waals surface area contributed by atoms with Crippen LogP contribution < -0.4 is 0 Å². The molecule has 0 unspecified atom stereocenters. The zero-order chi connectivity index (χ0) is 15.4. The lowest BCUT2D eigenvalue weighted by Crippen LogP contribution is -2.31. The molecular weight excluding hydrogens is 284 g/mol. The fourth-order valence-electron chi connectivity index (χ4n) is 4.24. The number of benzene rings is 2. The molecule has 3 heteroatoms. The Hall–Kier alpha value is -2.10. The molecule has 2 aliphatic heterocycles. The first-order chi connectivity index (χ1) is 11.2. The van der Waals surface area contributed by atoms with Crippen molar-refractivity contribution in [2.75, 3.05) is 6.54 Å². The zero-order valence-electron chi connectivity index (χ0n) is 13.3. The van der Waals surface area contributed by atoms with E-state index in [0.29, 0.717) is 6.04 Å². The standard InChI is InChI=1S/C20H20N2O/c1-20(14-7-3-2-4-8-14)13-18-19-16(11-12-22(18)23-20)15-9-5-6-10-17(15)21-19/h2-10,18,21H,11-13H2,1H3/t18-,20-/m1/s1. The Morgan fingerprint density at radius 3 is 2.74 bits per heavy atom. The molecule has 1 N–H and O–H groups in total. The van der Waals surface area contributed by atoms with E-state index in [-0.39, 0.29) is 5.60 Å². The first kappa shape index (κ1) is 13.3. The van der Waals surface area contributed by atoms with Gasteiger partial charge in [0.15, 0.2) is 0 Å². The predicted molar refractivity (Wildman–Crippen MR) is 90.9 cm³/mol. The Morgan fingerprint density at radius 2 is 1.87 bits per heavy atom. The van der Waals surface area contributed by atoms with E-state index in [1.54, 1.807) is 0 Å². The minimum Gasteiger partial charge on any atom is -0.357 e. The summed E-state index contributed by atoms with van der Waals surface area (Å²) >= 11 is 0. The van der Waals surface area contributed by atoms with E-state index >= 15 is 0 Å². The van der Waals surface area contributed by atoms with Gasteiger partial charge in [-0.3, -0.25) is 4.84 Å². The largest absolute Gasteiger partial charge is 0.357 e.